The van der Waals surface area contributed by atoms with Crippen molar-refractivity contribution in [1.82, 2.24) is 19.7 Å². The number of nitrogens with zero attached hydrogens (tertiary/aromatic N) is 4. The van der Waals surface area contributed by atoms with Crippen LogP contribution in [0.1, 0.15) is 46.5 Å². The molecule has 1 aromatic carbocycles. The Hall–Kier alpha value is -3.35. The molecule has 3 heterocycles. The number of ether oxygens (including phenoxy) is 1. The van der Waals surface area contributed by atoms with Crippen LogP contribution in [0.15, 0.2) is 30.6 Å². The van der Waals surface area contributed by atoms with E-state index in [1.54, 1.807) is 24.3 Å². The average Bonchev–Trinajstić information content (AvgIpc) is 3.40. The maximum absolute atomic E-state index is 12.6. The van der Waals surface area contributed by atoms with Gasteiger partial charge in [-0.05, 0) is 43.5 Å². The van der Waals surface area contributed by atoms with Crippen LogP contribution in [0.2, 0.25) is 0 Å². The summed E-state index contributed by atoms with van der Waals surface area (Å²) in [6, 6.07) is 6.41. The number of benzene rings is 1. The van der Waals surface area contributed by atoms with Crippen molar-refractivity contribution in [1.29, 1.82) is 0 Å². The second kappa shape index (κ2) is 9.02. The number of aliphatic hydroxyl groups excluding tert-OH is 2. The zero-order chi connectivity index (χ0) is 22.8. The Bertz CT molecular complexity index is 1000. The van der Waals surface area contributed by atoms with Gasteiger partial charge in [-0.3, -0.25) is 14.4 Å². The monoisotopic (exact) mass is 444 g/mol. The van der Waals surface area contributed by atoms with E-state index in [0.29, 0.717) is 11.3 Å². The van der Waals surface area contributed by atoms with Gasteiger partial charge in [0.1, 0.15) is 18.5 Å². The zero-order valence-corrected chi connectivity index (χ0v) is 17.1. The highest BCUT2D eigenvalue weighted by molar-refractivity contribution is 5.97. The maximum Gasteiger partial charge on any atom is 0.288 e. The number of hydrogen-bond donors (Lipinski definition) is 4. The molecule has 170 valence electrons. The Morgan fingerprint density at radius 1 is 1.06 bits per heavy atom. The van der Waals surface area contributed by atoms with E-state index >= 15 is 0 Å². The zero-order valence-electron chi connectivity index (χ0n) is 17.1. The van der Waals surface area contributed by atoms with E-state index in [9.17, 15) is 24.6 Å². The Labute approximate surface area is 183 Å². The molecule has 5 N–H and O–H groups in total. The highest BCUT2D eigenvalue weighted by Crippen LogP contribution is 2.29. The third-order valence-electron chi connectivity index (χ3n) is 5.53. The fraction of sp³-hybridized carbons (Fsp3) is 0.450. The number of primary amides is 1. The maximum atomic E-state index is 12.6. The van der Waals surface area contributed by atoms with Gasteiger partial charge < -0.3 is 30.9 Å². The van der Waals surface area contributed by atoms with Crippen LogP contribution in [0.25, 0.3) is 0 Å². The summed E-state index contributed by atoms with van der Waals surface area (Å²) in [6.45, 7) is 1.48. The first-order valence-corrected chi connectivity index (χ1v) is 10.3. The molecule has 1 aromatic heterocycles. The number of nitrogens with one attached hydrogen (secondary N) is 1. The molecule has 4 rings (SSSR count). The lowest BCUT2D eigenvalue weighted by atomic mass is 10.1. The van der Waals surface area contributed by atoms with E-state index in [4.69, 9.17) is 10.5 Å². The summed E-state index contributed by atoms with van der Waals surface area (Å²) in [7, 11) is 0. The minimum atomic E-state index is -1.54. The van der Waals surface area contributed by atoms with Crippen molar-refractivity contribution in [2.75, 3.05) is 18.4 Å². The van der Waals surface area contributed by atoms with Crippen molar-refractivity contribution in [2.45, 2.75) is 43.8 Å². The Balaban J connectivity index is 1.39. The average molecular weight is 444 g/mol. The van der Waals surface area contributed by atoms with Gasteiger partial charge in [0.2, 0.25) is 5.82 Å². The van der Waals surface area contributed by atoms with Crippen LogP contribution in [-0.4, -0.2) is 79.0 Å². The van der Waals surface area contributed by atoms with Crippen molar-refractivity contribution in [3.05, 3.63) is 42.0 Å². The summed E-state index contributed by atoms with van der Waals surface area (Å²) in [5, 5.41) is 26.9. The number of carbonyl (C=O) groups is 3. The van der Waals surface area contributed by atoms with E-state index in [0.717, 1.165) is 43.4 Å². The SMILES string of the molecule is NC(=O)c1ncn([C@@H]2O[C@H](C(=O)Nc3ccc(C(=O)N4CCCCC4)cc3)[C@@H](O)[C@H]2O)n1. The molecule has 12 nitrogen and oxygen atoms in total. The number of anilines is 1. The summed E-state index contributed by atoms with van der Waals surface area (Å²) in [5.41, 5.74) is 6.02. The van der Waals surface area contributed by atoms with Crippen LogP contribution in [-0.2, 0) is 9.53 Å². The van der Waals surface area contributed by atoms with Gasteiger partial charge in [0.05, 0.1) is 0 Å². The molecule has 3 amide bonds. The highest BCUT2D eigenvalue weighted by atomic mass is 16.6. The summed E-state index contributed by atoms with van der Waals surface area (Å²) in [5.74, 6) is -1.90. The van der Waals surface area contributed by atoms with Crippen molar-refractivity contribution >= 4 is 23.4 Å². The van der Waals surface area contributed by atoms with Crippen LogP contribution < -0.4 is 11.1 Å². The Morgan fingerprint density at radius 3 is 2.38 bits per heavy atom. The van der Waals surface area contributed by atoms with Gasteiger partial charge in [-0.1, -0.05) is 0 Å². The van der Waals surface area contributed by atoms with Crippen LogP contribution >= 0.6 is 0 Å². The van der Waals surface area contributed by atoms with Gasteiger partial charge in [0.15, 0.2) is 12.3 Å². The first-order chi connectivity index (χ1) is 15.3. The van der Waals surface area contributed by atoms with Crippen molar-refractivity contribution in [2.24, 2.45) is 5.73 Å². The predicted molar refractivity (Wildman–Crippen MR) is 109 cm³/mol. The van der Waals surface area contributed by atoms with E-state index in [-0.39, 0.29) is 11.7 Å². The number of nitrogens with two attached hydrogens (primary N) is 1. The van der Waals surface area contributed by atoms with Gasteiger partial charge in [0.25, 0.3) is 17.7 Å². The first-order valence-electron chi connectivity index (χ1n) is 10.3. The van der Waals surface area contributed by atoms with Crippen LogP contribution in [0.5, 0.6) is 0 Å². The van der Waals surface area contributed by atoms with E-state index in [2.05, 4.69) is 15.4 Å². The lowest BCUT2D eigenvalue weighted by Gasteiger charge is -2.26. The molecule has 32 heavy (non-hydrogen) atoms. The minimum absolute atomic E-state index is 0.0498. The molecule has 0 aliphatic carbocycles. The molecular formula is C20H24N6O6. The Kier molecular flexibility index (Phi) is 6.17. The third-order valence-corrected chi connectivity index (χ3v) is 5.53. The molecule has 2 saturated heterocycles. The lowest BCUT2D eigenvalue weighted by molar-refractivity contribution is -0.132. The number of aromatic nitrogens is 3. The van der Waals surface area contributed by atoms with Gasteiger partial charge in [-0.25, -0.2) is 9.67 Å². The standard InChI is InChI=1S/C20H24N6O6/c21-16(29)17-22-10-26(24-17)20-14(28)13(27)15(32-20)18(30)23-12-6-4-11(5-7-12)19(31)25-8-2-1-3-9-25/h4-7,10,13-15,20,27-28H,1-3,8-9H2,(H2,21,29)(H,23,30)/t13-,14+,15-,20+/m0/s1. The summed E-state index contributed by atoms with van der Waals surface area (Å²) in [6.07, 6.45) is -1.43. The van der Waals surface area contributed by atoms with Gasteiger partial charge in [-0.2, -0.15) is 0 Å². The third kappa shape index (κ3) is 4.33. The molecule has 2 aliphatic heterocycles. The Morgan fingerprint density at radius 2 is 1.75 bits per heavy atom. The van der Waals surface area contributed by atoms with Gasteiger partial charge in [0, 0.05) is 24.3 Å². The van der Waals surface area contributed by atoms with E-state index in [1.807, 2.05) is 4.90 Å². The second-order valence-corrected chi connectivity index (χ2v) is 7.76. The number of likely N-dealkylation sites (tertiary alicyclic amines) is 1. The molecule has 2 aliphatic rings. The topological polar surface area (TPSA) is 173 Å². The number of rotatable bonds is 5. The van der Waals surface area contributed by atoms with Crippen LogP contribution in [0.3, 0.4) is 0 Å². The molecule has 0 spiro atoms. The first kappa shape index (κ1) is 21.9. The highest BCUT2D eigenvalue weighted by Gasteiger charge is 2.48. The molecule has 0 unspecified atom stereocenters. The largest absolute Gasteiger partial charge is 0.387 e. The normalized spacial score (nSPS) is 25.5. The summed E-state index contributed by atoms with van der Waals surface area (Å²) < 4.78 is 6.49. The lowest BCUT2D eigenvalue weighted by Crippen LogP contribution is -2.39. The molecule has 0 bridgehead atoms. The molecule has 2 fully saturated rings. The smallest absolute Gasteiger partial charge is 0.288 e. The van der Waals surface area contributed by atoms with Gasteiger partial charge in [-0.15, -0.1) is 5.10 Å². The summed E-state index contributed by atoms with van der Waals surface area (Å²) in [4.78, 5) is 41.8. The number of amides is 3. The molecular weight excluding hydrogens is 420 g/mol. The van der Waals surface area contributed by atoms with E-state index < -0.39 is 36.4 Å². The molecule has 2 aromatic rings. The van der Waals surface area contributed by atoms with Crippen LogP contribution in [0.4, 0.5) is 5.69 Å². The van der Waals surface area contributed by atoms with Crippen molar-refractivity contribution in [3.63, 3.8) is 0 Å². The number of hydrogen-bond acceptors (Lipinski definition) is 8. The van der Waals surface area contributed by atoms with E-state index in [1.165, 1.54) is 0 Å². The number of aliphatic hydroxyl groups is 2. The molecule has 0 radical (unpaired) electrons. The molecule has 4 atom stereocenters. The quantitative estimate of drug-likeness (QED) is 0.467. The van der Waals surface area contributed by atoms with Gasteiger partial charge >= 0.3 is 0 Å². The molecule has 12 heteroatoms. The van der Waals surface area contributed by atoms with Crippen LogP contribution in [0, 0.1) is 0 Å². The fourth-order valence-electron chi connectivity index (χ4n) is 3.79. The number of carbonyl (C=O) groups excluding carboxylic acids is 3. The van der Waals surface area contributed by atoms with Crippen molar-refractivity contribution in [3.8, 4) is 0 Å². The number of piperidine rings is 1. The molecule has 0 saturated carbocycles. The fourth-order valence-corrected chi connectivity index (χ4v) is 3.79. The predicted octanol–water partition coefficient (Wildman–Crippen LogP) is -0.739. The summed E-state index contributed by atoms with van der Waals surface area (Å²) >= 11 is 0. The second-order valence-electron chi connectivity index (χ2n) is 7.76. The minimum Gasteiger partial charge on any atom is -0.387 e. The van der Waals surface area contributed by atoms with Crippen molar-refractivity contribution < 1.29 is 29.3 Å².